The molecule has 0 spiro atoms. The van der Waals surface area contributed by atoms with Crippen LogP contribution in [0.2, 0.25) is 5.02 Å². The molecular formula is C26H23ClN4O2. The quantitative estimate of drug-likeness (QED) is 0.438. The first-order valence-corrected chi connectivity index (χ1v) is 10.8. The number of halogens is 1. The molecule has 6 nitrogen and oxygen atoms in total. The van der Waals surface area contributed by atoms with Crippen molar-refractivity contribution in [3.05, 3.63) is 101 Å². The van der Waals surface area contributed by atoms with Crippen molar-refractivity contribution in [2.45, 2.75) is 6.42 Å². The highest BCUT2D eigenvalue weighted by molar-refractivity contribution is 6.30. The number of aromatic nitrogens is 2. The molecular weight excluding hydrogens is 436 g/mol. The maximum Gasteiger partial charge on any atom is 0.253 e. The van der Waals surface area contributed by atoms with Gasteiger partial charge in [0.2, 0.25) is 5.91 Å². The molecule has 2 amide bonds. The van der Waals surface area contributed by atoms with Gasteiger partial charge in [-0.05, 0) is 48.5 Å². The third kappa shape index (κ3) is 5.30. The largest absolute Gasteiger partial charge is 0.345 e. The Bertz CT molecular complexity index is 1260. The van der Waals surface area contributed by atoms with E-state index in [2.05, 4.69) is 5.32 Å². The van der Waals surface area contributed by atoms with Crippen LogP contribution in [0.5, 0.6) is 0 Å². The van der Waals surface area contributed by atoms with E-state index in [4.69, 9.17) is 16.7 Å². The number of carbonyl (C=O) groups excluding carboxylic acids is 2. The van der Waals surface area contributed by atoms with Crippen LogP contribution in [-0.4, -0.2) is 40.6 Å². The van der Waals surface area contributed by atoms with Gasteiger partial charge in [0.1, 0.15) is 0 Å². The third-order valence-electron chi connectivity index (χ3n) is 5.10. The van der Waals surface area contributed by atoms with Crippen molar-refractivity contribution in [3.63, 3.8) is 0 Å². The lowest BCUT2D eigenvalue weighted by Gasteiger charge is -2.11. The van der Waals surface area contributed by atoms with E-state index in [1.165, 1.54) is 4.90 Å². The second kappa shape index (κ2) is 9.71. The number of amides is 2. The van der Waals surface area contributed by atoms with Crippen molar-refractivity contribution < 1.29 is 9.59 Å². The Morgan fingerprint density at radius 2 is 1.61 bits per heavy atom. The molecule has 0 bridgehead atoms. The van der Waals surface area contributed by atoms with Gasteiger partial charge in [-0.1, -0.05) is 41.9 Å². The minimum absolute atomic E-state index is 0.0891. The summed E-state index contributed by atoms with van der Waals surface area (Å²) in [7, 11) is 3.40. The molecule has 0 aliphatic carbocycles. The highest BCUT2D eigenvalue weighted by atomic mass is 35.5. The van der Waals surface area contributed by atoms with Gasteiger partial charge in [-0.3, -0.25) is 9.59 Å². The maximum absolute atomic E-state index is 12.8. The molecule has 0 saturated heterocycles. The topological polar surface area (TPSA) is 67.2 Å². The Morgan fingerprint density at radius 1 is 0.939 bits per heavy atom. The van der Waals surface area contributed by atoms with Crippen LogP contribution in [0, 0.1) is 0 Å². The summed E-state index contributed by atoms with van der Waals surface area (Å²) in [6.45, 7) is 0. The first-order valence-electron chi connectivity index (χ1n) is 10.4. The van der Waals surface area contributed by atoms with E-state index in [0.717, 1.165) is 22.5 Å². The standard InChI is InChI=1S/C26H23ClN4O2/c1-30(2)26(33)19-10-14-22(15-11-19)28-24(32)16-20-17-31(23-6-4-3-5-7-23)29-25(20)18-8-12-21(27)13-9-18/h3-15,17H,16H2,1-2H3,(H,28,32). The monoisotopic (exact) mass is 458 g/mol. The first kappa shape index (κ1) is 22.3. The van der Waals surface area contributed by atoms with Gasteiger partial charge in [0.25, 0.3) is 5.91 Å². The molecule has 1 N–H and O–H groups in total. The molecule has 7 heteroatoms. The minimum atomic E-state index is -0.176. The third-order valence-corrected chi connectivity index (χ3v) is 5.35. The molecule has 1 heterocycles. The molecule has 0 unspecified atom stereocenters. The van der Waals surface area contributed by atoms with E-state index in [9.17, 15) is 9.59 Å². The van der Waals surface area contributed by atoms with E-state index < -0.39 is 0 Å². The second-order valence-corrected chi connectivity index (χ2v) is 8.23. The fourth-order valence-corrected chi connectivity index (χ4v) is 3.56. The van der Waals surface area contributed by atoms with Crippen LogP contribution >= 0.6 is 11.6 Å². The van der Waals surface area contributed by atoms with Gasteiger partial charge in [0.05, 0.1) is 17.8 Å². The van der Waals surface area contributed by atoms with Crippen LogP contribution in [-0.2, 0) is 11.2 Å². The number of rotatable bonds is 6. The summed E-state index contributed by atoms with van der Waals surface area (Å²) < 4.78 is 1.77. The second-order valence-electron chi connectivity index (χ2n) is 7.79. The summed E-state index contributed by atoms with van der Waals surface area (Å²) in [4.78, 5) is 26.4. The lowest BCUT2D eigenvalue weighted by atomic mass is 10.1. The van der Waals surface area contributed by atoms with E-state index in [1.54, 1.807) is 55.2 Å². The van der Waals surface area contributed by atoms with E-state index in [0.29, 0.717) is 16.3 Å². The van der Waals surface area contributed by atoms with Gasteiger partial charge in [-0.15, -0.1) is 0 Å². The zero-order valence-corrected chi connectivity index (χ0v) is 19.1. The molecule has 1 aromatic heterocycles. The predicted octanol–water partition coefficient (Wildman–Crippen LogP) is 5.08. The molecule has 0 aliphatic rings. The van der Waals surface area contributed by atoms with E-state index in [-0.39, 0.29) is 18.2 Å². The molecule has 0 atom stereocenters. The summed E-state index contributed by atoms with van der Waals surface area (Å²) in [6, 6.07) is 24.0. The fourth-order valence-electron chi connectivity index (χ4n) is 3.44. The summed E-state index contributed by atoms with van der Waals surface area (Å²) in [5.41, 5.74) is 4.48. The molecule has 166 valence electrons. The zero-order chi connectivity index (χ0) is 23.4. The average Bonchev–Trinajstić information content (AvgIpc) is 3.23. The van der Waals surface area contributed by atoms with Gasteiger partial charge in [0, 0.05) is 47.7 Å². The number of nitrogens with zero attached hydrogens (tertiary/aromatic N) is 3. The number of hydrogen-bond acceptors (Lipinski definition) is 3. The highest BCUT2D eigenvalue weighted by Crippen LogP contribution is 2.26. The molecule has 0 aliphatic heterocycles. The molecule has 0 fully saturated rings. The Labute approximate surface area is 197 Å². The van der Waals surface area contributed by atoms with Crippen molar-refractivity contribution in [2.24, 2.45) is 0 Å². The molecule has 0 radical (unpaired) electrons. The minimum Gasteiger partial charge on any atom is -0.345 e. The molecule has 4 rings (SSSR count). The van der Waals surface area contributed by atoms with Crippen LogP contribution in [0.3, 0.4) is 0 Å². The lowest BCUT2D eigenvalue weighted by molar-refractivity contribution is -0.115. The number of anilines is 1. The molecule has 3 aromatic carbocycles. The van der Waals surface area contributed by atoms with Gasteiger partial charge in [0.15, 0.2) is 0 Å². The van der Waals surface area contributed by atoms with E-state index in [1.807, 2.05) is 48.7 Å². The molecule has 33 heavy (non-hydrogen) atoms. The van der Waals surface area contributed by atoms with Crippen molar-refractivity contribution >= 4 is 29.1 Å². The Morgan fingerprint density at radius 3 is 2.24 bits per heavy atom. The highest BCUT2D eigenvalue weighted by Gasteiger charge is 2.16. The van der Waals surface area contributed by atoms with Crippen molar-refractivity contribution in [1.82, 2.24) is 14.7 Å². The van der Waals surface area contributed by atoms with Gasteiger partial charge in [-0.25, -0.2) is 4.68 Å². The van der Waals surface area contributed by atoms with Gasteiger partial charge < -0.3 is 10.2 Å². The van der Waals surface area contributed by atoms with E-state index >= 15 is 0 Å². The summed E-state index contributed by atoms with van der Waals surface area (Å²) in [5.74, 6) is -0.265. The van der Waals surface area contributed by atoms with Gasteiger partial charge in [-0.2, -0.15) is 5.10 Å². The Kier molecular flexibility index (Phi) is 6.56. The van der Waals surface area contributed by atoms with Crippen LogP contribution in [0.4, 0.5) is 5.69 Å². The summed E-state index contributed by atoms with van der Waals surface area (Å²) in [5, 5.41) is 8.28. The zero-order valence-electron chi connectivity index (χ0n) is 18.3. The van der Waals surface area contributed by atoms with Crippen LogP contribution in [0.25, 0.3) is 16.9 Å². The normalized spacial score (nSPS) is 10.6. The van der Waals surface area contributed by atoms with Crippen molar-refractivity contribution in [3.8, 4) is 16.9 Å². The fraction of sp³-hybridized carbons (Fsp3) is 0.115. The lowest BCUT2D eigenvalue weighted by Crippen LogP contribution is -2.21. The summed E-state index contributed by atoms with van der Waals surface area (Å²) in [6.07, 6.45) is 2.01. The molecule has 4 aromatic rings. The number of hydrogen-bond donors (Lipinski definition) is 1. The number of benzene rings is 3. The van der Waals surface area contributed by atoms with Gasteiger partial charge >= 0.3 is 0 Å². The first-order chi connectivity index (χ1) is 15.9. The Hall–Kier alpha value is -3.90. The predicted molar refractivity (Wildman–Crippen MR) is 131 cm³/mol. The van der Waals surface area contributed by atoms with Crippen LogP contribution in [0.15, 0.2) is 85.1 Å². The average molecular weight is 459 g/mol. The Balaban J connectivity index is 1.57. The maximum atomic E-state index is 12.8. The number of para-hydroxylation sites is 1. The smallest absolute Gasteiger partial charge is 0.253 e. The van der Waals surface area contributed by atoms with Crippen molar-refractivity contribution in [2.75, 3.05) is 19.4 Å². The van der Waals surface area contributed by atoms with Crippen molar-refractivity contribution in [1.29, 1.82) is 0 Å². The number of carbonyl (C=O) groups is 2. The van der Waals surface area contributed by atoms with Crippen LogP contribution < -0.4 is 5.32 Å². The molecule has 0 saturated carbocycles. The summed E-state index contributed by atoms with van der Waals surface area (Å²) >= 11 is 6.05. The van der Waals surface area contributed by atoms with Crippen LogP contribution in [0.1, 0.15) is 15.9 Å². The SMILES string of the molecule is CN(C)C(=O)c1ccc(NC(=O)Cc2cn(-c3ccccc3)nc2-c2ccc(Cl)cc2)cc1. The number of nitrogens with one attached hydrogen (secondary N) is 1.